The molecular formula is C2H7OP. The van der Waals surface area contributed by atoms with Gasteiger partial charge in [0.2, 0.25) is 0 Å². The van der Waals surface area contributed by atoms with Crippen molar-refractivity contribution in [2.24, 2.45) is 0 Å². The van der Waals surface area contributed by atoms with Crippen LogP contribution < -0.4 is 0 Å². The number of rotatable bonds is 2. The van der Waals surface area contributed by atoms with E-state index in [0.29, 0.717) is 0 Å². The molecule has 0 saturated heterocycles. The van der Waals surface area contributed by atoms with Crippen LogP contribution in [0.2, 0.25) is 0 Å². The summed E-state index contributed by atoms with van der Waals surface area (Å²) < 4.78 is 17.6. The van der Waals surface area contributed by atoms with Crippen molar-refractivity contribution in [3.63, 3.8) is 0 Å². The van der Waals surface area contributed by atoms with E-state index in [-0.39, 0.29) is 6.35 Å². The van der Waals surface area contributed by atoms with Crippen molar-refractivity contribution >= 4 is 9.13 Å². The van der Waals surface area contributed by atoms with E-state index in [2.05, 4.69) is 4.74 Å². The quantitative estimate of drug-likeness (QED) is 0.440. The molecule has 0 aliphatic heterocycles. The monoisotopic (exact) mass is 82.0 g/mol. The summed E-state index contributed by atoms with van der Waals surface area (Å²) in [6.07, 6.45) is 0.273. The minimum Gasteiger partial charge on any atom is -0.381 e. The summed E-state index contributed by atoms with van der Waals surface area (Å²) in [5.74, 6) is 0. The first-order valence-corrected chi connectivity index (χ1v) is 1.65. The highest BCUT2D eigenvalue weighted by molar-refractivity contribution is 7.16. The molecule has 0 unspecified atom stereocenters. The average molecular weight is 82.1 g/mol. The van der Waals surface area contributed by atoms with Crippen LogP contribution in [0.15, 0.2) is 0 Å². The molecular weight excluding hydrogens is 71.0 g/mol. The molecule has 0 rings (SSSR count). The zero-order valence-corrected chi connectivity index (χ0v) is 3.46. The van der Waals surface area contributed by atoms with Gasteiger partial charge < -0.3 is 4.74 Å². The van der Waals surface area contributed by atoms with Gasteiger partial charge in [0.25, 0.3) is 0 Å². The summed E-state index contributed by atoms with van der Waals surface area (Å²) in [6, 6.07) is 0. The molecule has 0 aliphatic carbocycles. The van der Waals surface area contributed by atoms with Crippen LogP contribution in [0.5, 0.6) is 0 Å². The first-order valence-electron chi connectivity index (χ1n) is 1.91. The molecule has 0 heterocycles. The lowest BCUT2D eigenvalue weighted by Gasteiger charge is -1.76. The third-order valence-corrected chi connectivity index (χ3v) is 0.387. The Morgan fingerprint density at radius 3 is 3.25 bits per heavy atom. The van der Waals surface area contributed by atoms with Crippen LogP contribution in [0.25, 0.3) is 0 Å². The Morgan fingerprint density at radius 1 is 2.50 bits per heavy atom. The molecule has 0 amide bonds. The summed E-state index contributed by atoms with van der Waals surface area (Å²) >= 11 is 0. The molecule has 0 radical (unpaired) electrons. The maximum atomic E-state index is 6.58. The first-order chi connectivity index (χ1) is 2.77. The van der Waals surface area contributed by atoms with Gasteiger partial charge in [0.15, 0.2) is 0 Å². The lowest BCUT2D eigenvalue weighted by molar-refractivity contribution is 0.258. The summed E-state index contributed by atoms with van der Waals surface area (Å²) in [5.41, 5.74) is 0. The van der Waals surface area contributed by atoms with Crippen molar-refractivity contribution in [3.05, 3.63) is 0 Å². The van der Waals surface area contributed by atoms with Gasteiger partial charge in [-0.2, -0.15) is 0 Å². The summed E-state index contributed by atoms with van der Waals surface area (Å²) in [6.45, 7) is 0. The van der Waals surface area contributed by atoms with E-state index in [1.54, 1.807) is 0 Å². The standard InChI is InChI=1S/C2H7OP/c1-3-2-4/h2,4H2,1H3/i4T2. The molecule has 0 bridgehead atoms. The maximum absolute atomic E-state index is 6.58. The van der Waals surface area contributed by atoms with Gasteiger partial charge in [0.05, 0.1) is 8.91 Å². The third kappa shape index (κ3) is 2.39. The third-order valence-electron chi connectivity index (χ3n) is 0.129. The van der Waals surface area contributed by atoms with Crippen molar-refractivity contribution in [2.75, 3.05) is 13.5 Å². The first kappa shape index (κ1) is 1.74. The second-order valence-corrected chi connectivity index (χ2v) is 0.676. The topological polar surface area (TPSA) is 9.23 Å². The Labute approximate surface area is 31.1 Å². The smallest absolute Gasteiger partial charge is 0.0598 e. The van der Waals surface area contributed by atoms with E-state index in [1.165, 1.54) is 7.11 Å². The second kappa shape index (κ2) is 3.39. The van der Waals surface area contributed by atoms with E-state index in [9.17, 15) is 0 Å². The number of hydrogen-bond acceptors (Lipinski definition) is 1. The Hall–Kier alpha value is 0.390. The predicted molar refractivity (Wildman–Crippen MR) is 21.6 cm³/mol. The van der Waals surface area contributed by atoms with Crippen molar-refractivity contribution in [2.45, 2.75) is 0 Å². The Bertz CT molecular complexity index is 32.7. The van der Waals surface area contributed by atoms with E-state index in [4.69, 9.17) is 2.56 Å². The molecule has 0 fully saturated rings. The molecule has 1 nitrogen and oxygen atoms in total. The molecule has 0 atom stereocenters. The molecule has 0 saturated carbocycles. The molecule has 0 aromatic carbocycles. The normalized spacial score (nSPS) is 15.5. The Kier molecular flexibility index (Phi) is 1.47. The highest BCUT2D eigenvalue weighted by Crippen LogP contribution is 1.73. The fraction of sp³-hybridized carbons (Fsp3) is 1.00. The minimum absolute atomic E-state index is 0.273. The van der Waals surface area contributed by atoms with Crippen LogP contribution in [0.3, 0.4) is 0 Å². The minimum atomic E-state index is -1.32. The maximum Gasteiger partial charge on any atom is 0.0598 e. The van der Waals surface area contributed by atoms with Crippen LogP contribution in [0.1, 0.15) is 0 Å². The van der Waals surface area contributed by atoms with Crippen LogP contribution in [0.4, 0.5) is 0 Å². The number of hydrogen-bond donors (Lipinski definition) is 0. The zero-order chi connectivity index (χ0) is 4.99. The Balaban J connectivity index is 2.63. The Morgan fingerprint density at radius 2 is 3.25 bits per heavy atom. The van der Waals surface area contributed by atoms with E-state index >= 15 is 0 Å². The van der Waals surface area contributed by atoms with Crippen LogP contribution in [-0.2, 0) is 4.74 Å². The number of methoxy groups -OCH3 is 1. The van der Waals surface area contributed by atoms with E-state index < -0.39 is 9.13 Å². The predicted octanol–water partition coefficient (Wildman–Crippen LogP) is 0.465. The zero-order valence-electron chi connectivity index (χ0n) is 4.56. The van der Waals surface area contributed by atoms with E-state index in [1.807, 2.05) is 0 Å². The highest BCUT2D eigenvalue weighted by Gasteiger charge is 1.51. The molecule has 4 heavy (non-hydrogen) atoms. The van der Waals surface area contributed by atoms with Gasteiger partial charge in [0.1, 0.15) is 0 Å². The van der Waals surface area contributed by atoms with Gasteiger partial charge in [-0.15, -0.1) is 9.13 Å². The second-order valence-electron chi connectivity index (χ2n) is 0.418. The lowest BCUT2D eigenvalue weighted by atomic mass is 11.5. The average Bonchev–Trinajstić information content (AvgIpc) is 1.35. The van der Waals surface area contributed by atoms with Crippen LogP contribution in [0, 0.1) is 0 Å². The van der Waals surface area contributed by atoms with Crippen molar-refractivity contribution in [3.8, 4) is 0 Å². The number of ether oxygens (including phenoxy) is 1. The van der Waals surface area contributed by atoms with Crippen molar-refractivity contribution in [1.82, 2.24) is 0 Å². The van der Waals surface area contributed by atoms with Crippen LogP contribution >= 0.6 is 9.13 Å². The van der Waals surface area contributed by atoms with Crippen molar-refractivity contribution < 1.29 is 4.74 Å². The molecule has 0 spiro atoms. The molecule has 0 aromatic heterocycles. The molecule has 0 aliphatic rings. The molecule has 2 heteroatoms. The summed E-state index contributed by atoms with van der Waals surface area (Å²) in [5, 5.41) is 0. The SMILES string of the molecule is [3H]P([3H])COC. The summed E-state index contributed by atoms with van der Waals surface area (Å²) in [4.78, 5) is 0. The fourth-order valence-corrected chi connectivity index (χ4v) is 0. The van der Waals surface area contributed by atoms with Gasteiger partial charge in [0, 0.05) is 7.11 Å². The largest absolute Gasteiger partial charge is 0.381 e. The van der Waals surface area contributed by atoms with Gasteiger partial charge in [-0.05, 0) is 0 Å². The van der Waals surface area contributed by atoms with Gasteiger partial charge >= 0.3 is 0 Å². The lowest BCUT2D eigenvalue weighted by Crippen LogP contribution is -1.67. The fourth-order valence-electron chi connectivity index (χ4n) is 0. The molecule has 0 aromatic rings. The van der Waals surface area contributed by atoms with Crippen LogP contribution in [-0.4, -0.2) is 16.0 Å². The van der Waals surface area contributed by atoms with Crippen molar-refractivity contribution in [1.29, 1.82) is 2.56 Å². The van der Waals surface area contributed by atoms with Gasteiger partial charge in [-0.3, -0.25) is 0 Å². The molecule has 0 N–H and O–H groups in total. The molecule has 26 valence electrons. The highest BCUT2D eigenvalue weighted by atomic mass is 31.0. The summed E-state index contributed by atoms with van der Waals surface area (Å²) in [7, 11) is 0.176. The van der Waals surface area contributed by atoms with Gasteiger partial charge in [-0.25, -0.2) is 0 Å². The van der Waals surface area contributed by atoms with Gasteiger partial charge in [-0.1, -0.05) is 0 Å². The van der Waals surface area contributed by atoms with E-state index in [0.717, 1.165) is 0 Å².